The molecule has 5 heteroatoms. The van der Waals surface area contributed by atoms with E-state index in [-0.39, 0.29) is 5.54 Å². The van der Waals surface area contributed by atoms with Crippen molar-refractivity contribution in [2.45, 2.75) is 26.3 Å². The zero-order valence-corrected chi connectivity index (χ0v) is 18.6. The van der Waals surface area contributed by atoms with Gasteiger partial charge in [0.15, 0.2) is 0 Å². The maximum absolute atomic E-state index is 6.21. The van der Waals surface area contributed by atoms with Gasteiger partial charge in [0.2, 0.25) is 0 Å². The van der Waals surface area contributed by atoms with Gasteiger partial charge in [-0.25, -0.2) is 0 Å². The first-order chi connectivity index (χ1) is 15.5. The van der Waals surface area contributed by atoms with E-state index < -0.39 is 0 Å². The highest BCUT2D eigenvalue weighted by molar-refractivity contribution is 5.83. The average molecular weight is 423 g/mol. The van der Waals surface area contributed by atoms with Crippen LogP contribution in [0.3, 0.4) is 0 Å². The molecule has 32 heavy (non-hydrogen) atoms. The van der Waals surface area contributed by atoms with E-state index in [1.807, 2.05) is 42.5 Å². The number of hydrogen-bond acceptors (Lipinski definition) is 5. The molecule has 4 aromatic rings. The molecule has 0 saturated heterocycles. The first-order valence-electron chi connectivity index (χ1n) is 10.8. The van der Waals surface area contributed by atoms with Gasteiger partial charge in [-0.05, 0) is 63.2 Å². The van der Waals surface area contributed by atoms with Gasteiger partial charge in [-0.15, -0.1) is 0 Å². The van der Waals surface area contributed by atoms with Crippen molar-refractivity contribution in [2.24, 2.45) is 0 Å². The number of anilines is 3. The van der Waals surface area contributed by atoms with Crippen LogP contribution in [0.25, 0.3) is 11.4 Å². The predicted molar refractivity (Wildman–Crippen MR) is 130 cm³/mol. The van der Waals surface area contributed by atoms with Gasteiger partial charge in [-0.2, -0.15) is 0 Å². The molecule has 0 spiro atoms. The molecule has 0 atom stereocenters. The number of pyridine rings is 2. The summed E-state index contributed by atoms with van der Waals surface area (Å²) in [5.41, 5.74) is 5.19. The number of ether oxygens (including phenoxy) is 1. The number of benzene rings is 2. The zero-order valence-electron chi connectivity index (χ0n) is 18.6. The molecule has 3 heterocycles. The Hall–Kier alpha value is -3.86. The third-order valence-corrected chi connectivity index (χ3v) is 5.58. The molecular formula is C27H26N4O. The summed E-state index contributed by atoms with van der Waals surface area (Å²) >= 11 is 0. The van der Waals surface area contributed by atoms with Gasteiger partial charge in [0.05, 0.1) is 29.4 Å². The number of nitrogens with zero attached hydrogens (tertiary/aromatic N) is 4. The normalized spacial score (nSPS) is 13.2. The fraction of sp³-hybridized carbons (Fsp3) is 0.185. The van der Waals surface area contributed by atoms with Crippen LogP contribution in [0.5, 0.6) is 11.5 Å². The Bertz CT molecular complexity index is 1230. The van der Waals surface area contributed by atoms with Crippen molar-refractivity contribution < 1.29 is 4.74 Å². The van der Waals surface area contributed by atoms with Crippen LogP contribution in [-0.4, -0.2) is 22.2 Å². The number of para-hydroxylation sites is 2. The first kappa shape index (κ1) is 20.1. The summed E-state index contributed by atoms with van der Waals surface area (Å²) in [6, 6.07) is 26.4. The van der Waals surface area contributed by atoms with E-state index in [9.17, 15) is 0 Å². The van der Waals surface area contributed by atoms with E-state index in [0.717, 1.165) is 35.2 Å². The van der Waals surface area contributed by atoms with E-state index in [0.29, 0.717) is 0 Å². The van der Waals surface area contributed by atoms with Crippen LogP contribution in [0, 0.1) is 0 Å². The van der Waals surface area contributed by atoms with Gasteiger partial charge in [0.1, 0.15) is 11.5 Å². The summed E-state index contributed by atoms with van der Waals surface area (Å²) in [5, 5.41) is 0. The van der Waals surface area contributed by atoms with Gasteiger partial charge < -0.3 is 14.5 Å². The van der Waals surface area contributed by atoms with E-state index in [1.54, 1.807) is 12.4 Å². The summed E-state index contributed by atoms with van der Waals surface area (Å²) in [5.74, 6) is 1.52. The lowest BCUT2D eigenvalue weighted by Gasteiger charge is -2.34. The van der Waals surface area contributed by atoms with Crippen LogP contribution in [-0.2, 0) is 0 Å². The van der Waals surface area contributed by atoms with E-state index in [4.69, 9.17) is 4.74 Å². The Kier molecular flexibility index (Phi) is 5.02. The zero-order chi connectivity index (χ0) is 22.1. The lowest BCUT2D eigenvalue weighted by molar-refractivity contribution is 0.482. The number of aromatic nitrogens is 2. The molecule has 0 unspecified atom stereocenters. The second kappa shape index (κ2) is 8.00. The van der Waals surface area contributed by atoms with Gasteiger partial charge in [-0.1, -0.05) is 24.3 Å². The molecular weight excluding hydrogens is 396 g/mol. The molecule has 0 fully saturated rings. The van der Waals surface area contributed by atoms with E-state index in [2.05, 4.69) is 76.9 Å². The topological polar surface area (TPSA) is 41.5 Å². The van der Waals surface area contributed by atoms with Crippen LogP contribution in [0.2, 0.25) is 0 Å². The molecule has 0 aliphatic carbocycles. The quantitative estimate of drug-likeness (QED) is 0.368. The van der Waals surface area contributed by atoms with Crippen LogP contribution in [0.1, 0.15) is 20.8 Å². The Morgan fingerprint density at radius 2 is 1.47 bits per heavy atom. The maximum atomic E-state index is 6.21. The Balaban J connectivity index is 1.43. The minimum Gasteiger partial charge on any atom is -0.457 e. The number of fused-ring (bicyclic) bond motifs is 1. The third-order valence-electron chi connectivity index (χ3n) is 5.58. The molecule has 5 nitrogen and oxygen atoms in total. The van der Waals surface area contributed by atoms with E-state index in [1.165, 1.54) is 11.4 Å². The smallest absolute Gasteiger partial charge is 0.131 e. The molecule has 5 rings (SSSR count). The van der Waals surface area contributed by atoms with Crippen LogP contribution < -0.4 is 14.5 Å². The SMILES string of the molecule is CC(C)(C)N1CN(c2cccc(Oc3ccnc(-c4ccccn4)c3)c2)c2ccccc21. The number of rotatable bonds is 4. The van der Waals surface area contributed by atoms with Crippen molar-refractivity contribution in [3.8, 4) is 22.9 Å². The lowest BCUT2D eigenvalue weighted by Crippen LogP contribution is -2.42. The molecule has 0 radical (unpaired) electrons. The van der Waals surface area contributed by atoms with Crippen LogP contribution in [0.4, 0.5) is 17.1 Å². The molecule has 2 aromatic heterocycles. The molecule has 2 aromatic carbocycles. The molecule has 1 aliphatic rings. The Labute approximate surface area is 188 Å². The predicted octanol–water partition coefficient (Wildman–Crippen LogP) is 6.65. The minimum atomic E-state index is 0.0257. The molecule has 0 bridgehead atoms. The Morgan fingerprint density at radius 3 is 2.25 bits per heavy atom. The van der Waals surface area contributed by atoms with Gasteiger partial charge in [0, 0.05) is 35.8 Å². The van der Waals surface area contributed by atoms with Gasteiger partial charge in [-0.3, -0.25) is 9.97 Å². The highest BCUT2D eigenvalue weighted by Gasteiger charge is 2.33. The second-order valence-electron chi connectivity index (χ2n) is 8.85. The molecule has 0 amide bonds. The monoisotopic (exact) mass is 422 g/mol. The first-order valence-corrected chi connectivity index (χ1v) is 10.8. The summed E-state index contributed by atoms with van der Waals surface area (Å²) < 4.78 is 6.21. The second-order valence-corrected chi connectivity index (χ2v) is 8.85. The highest BCUT2D eigenvalue weighted by atomic mass is 16.5. The summed E-state index contributed by atoms with van der Waals surface area (Å²) in [6.45, 7) is 7.53. The maximum Gasteiger partial charge on any atom is 0.131 e. The van der Waals surface area contributed by atoms with Crippen molar-refractivity contribution in [1.29, 1.82) is 0 Å². The fourth-order valence-corrected chi connectivity index (χ4v) is 3.99. The lowest BCUT2D eigenvalue weighted by atomic mass is 10.1. The number of hydrogen-bond donors (Lipinski definition) is 0. The van der Waals surface area contributed by atoms with Crippen molar-refractivity contribution in [2.75, 3.05) is 16.5 Å². The summed E-state index contributed by atoms with van der Waals surface area (Å²) in [4.78, 5) is 13.6. The van der Waals surface area contributed by atoms with Gasteiger partial charge in [0.25, 0.3) is 0 Å². The molecule has 0 saturated carbocycles. The summed E-state index contributed by atoms with van der Waals surface area (Å²) in [7, 11) is 0. The Morgan fingerprint density at radius 1 is 0.719 bits per heavy atom. The standard InChI is InChI=1S/C27H26N4O/c1-27(2,3)31-19-30(25-12-4-5-13-26(25)31)20-9-8-10-21(17-20)32-22-14-16-29-24(18-22)23-11-6-7-15-28-23/h4-18H,19H2,1-3H3. The molecule has 0 N–H and O–H groups in total. The van der Waals surface area contributed by atoms with Crippen molar-refractivity contribution in [3.05, 3.63) is 91.3 Å². The van der Waals surface area contributed by atoms with Crippen molar-refractivity contribution >= 4 is 17.1 Å². The average Bonchev–Trinajstić information content (AvgIpc) is 3.21. The fourth-order valence-electron chi connectivity index (χ4n) is 3.99. The van der Waals surface area contributed by atoms with Gasteiger partial charge >= 0.3 is 0 Å². The van der Waals surface area contributed by atoms with Crippen LogP contribution in [0.15, 0.2) is 91.3 Å². The van der Waals surface area contributed by atoms with Crippen LogP contribution >= 0.6 is 0 Å². The third kappa shape index (κ3) is 3.89. The largest absolute Gasteiger partial charge is 0.457 e. The van der Waals surface area contributed by atoms with Crippen molar-refractivity contribution in [3.63, 3.8) is 0 Å². The summed E-state index contributed by atoms with van der Waals surface area (Å²) in [6.07, 6.45) is 3.52. The molecule has 160 valence electrons. The highest BCUT2D eigenvalue weighted by Crippen LogP contribution is 2.44. The molecule has 1 aliphatic heterocycles. The van der Waals surface area contributed by atoms with E-state index >= 15 is 0 Å². The minimum absolute atomic E-state index is 0.0257. The van der Waals surface area contributed by atoms with Crippen molar-refractivity contribution in [1.82, 2.24) is 9.97 Å².